The number of carbonyl (C=O) groups excluding carboxylic acids is 1. The number of hydrogen-bond donors (Lipinski definition) is 2. The highest BCUT2D eigenvalue weighted by molar-refractivity contribution is 6.32. The van der Waals surface area contributed by atoms with Crippen molar-refractivity contribution in [3.05, 3.63) is 53.3 Å². The van der Waals surface area contributed by atoms with Crippen molar-refractivity contribution in [2.24, 2.45) is 0 Å². The Morgan fingerprint density at radius 2 is 1.95 bits per heavy atom. The molecule has 0 heterocycles. The van der Waals surface area contributed by atoms with E-state index in [-0.39, 0.29) is 23.1 Å². The zero-order valence-electron chi connectivity index (χ0n) is 10.3. The minimum Gasteiger partial charge on any atom is -0.508 e. The maximum atomic E-state index is 12.8. The molecule has 4 nitrogen and oxygen atoms in total. The predicted octanol–water partition coefficient (Wildman–Crippen LogP) is 3.20. The van der Waals surface area contributed by atoms with Gasteiger partial charge in [-0.15, -0.1) is 0 Å². The lowest BCUT2D eigenvalue weighted by Gasteiger charge is -2.08. The number of halogens is 2. The van der Waals surface area contributed by atoms with Crippen molar-refractivity contribution in [2.45, 2.75) is 0 Å². The van der Waals surface area contributed by atoms with Crippen LogP contribution < -0.4 is 10.1 Å². The van der Waals surface area contributed by atoms with Gasteiger partial charge in [-0.3, -0.25) is 4.79 Å². The monoisotopic (exact) mass is 295 g/mol. The maximum Gasteiger partial charge on any atom is 0.262 e. The summed E-state index contributed by atoms with van der Waals surface area (Å²) >= 11 is 5.77. The van der Waals surface area contributed by atoms with Gasteiger partial charge in [0.15, 0.2) is 6.61 Å². The van der Waals surface area contributed by atoms with E-state index in [9.17, 15) is 9.18 Å². The second kappa shape index (κ2) is 6.25. The average Bonchev–Trinajstić information content (AvgIpc) is 2.40. The van der Waals surface area contributed by atoms with Gasteiger partial charge in [-0.25, -0.2) is 4.39 Å². The fraction of sp³-hybridized carbons (Fsp3) is 0.0714. The number of anilines is 1. The smallest absolute Gasteiger partial charge is 0.262 e. The van der Waals surface area contributed by atoms with Crippen LogP contribution in [0.5, 0.6) is 11.5 Å². The molecule has 0 unspecified atom stereocenters. The van der Waals surface area contributed by atoms with Crippen LogP contribution in [-0.2, 0) is 4.79 Å². The van der Waals surface area contributed by atoms with Gasteiger partial charge in [0.2, 0.25) is 0 Å². The highest BCUT2D eigenvalue weighted by atomic mass is 35.5. The van der Waals surface area contributed by atoms with Crippen LogP contribution >= 0.6 is 11.6 Å². The number of hydrogen-bond acceptors (Lipinski definition) is 3. The van der Waals surface area contributed by atoms with Gasteiger partial charge in [0, 0.05) is 5.69 Å². The molecule has 6 heteroatoms. The Bertz CT molecular complexity index is 616. The topological polar surface area (TPSA) is 58.6 Å². The number of aromatic hydroxyl groups is 1. The maximum absolute atomic E-state index is 12.8. The molecule has 2 aromatic carbocycles. The number of nitrogens with one attached hydrogen (secondary N) is 1. The summed E-state index contributed by atoms with van der Waals surface area (Å²) < 4.78 is 18.0. The Kier molecular flexibility index (Phi) is 4.42. The highest BCUT2D eigenvalue weighted by Crippen LogP contribution is 2.24. The number of phenolic OH excluding ortho intramolecular Hbond substituents is 1. The molecule has 0 spiro atoms. The zero-order valence-corrected chi connectivity index (χ0v) is 11.0. The standard InChI is InChI=1S/C14H11ClFNO3/c15-12-7-9(16)1-6-13(12)20-8-14(19)17-10-2-4-11(18)5-3-10/h1-7,18H,8H2,(H,17,19). The lowest BCUT2D eigenvalue weighted by atomic mass is 10.3. The van der Waals surface area contributed by atoms with E-state index in [0.29, 0.717) is 5.69 Å². The summed E-state index contributed by atoms with van der Waals surface area (Å²) in [4.78, 5) is 11.6. The molecule has 0 aliphatic rings. The summed E-state index contributed by atoms with van der Waals surface area (Å²) in [7, 11) is 0. The lowest BCUT2D eigenvalue weighted by Crippen LogP contribution is -2.20. The SMILES string of the molecule is O=C(COc1ccc(F)cc1Cl)Nc1ccc(O)cc1. The van der Waals surface area contributed by atoms with Gasteiger partial charge in [0.1, 0.15) is 17.3 Å². The van der Waals surface area contributed by atoms with Crippen LogP contribution in [0.25, 0.3) is 0 Å². The molecule has 0 atom stereocenters. The molecule has 2 aromatic rings. The summed E-state index contributed by atoms with van der Waals surface area (Å²) in [6.07, 6.45) is 0. The fourth-order valence-electron chi connectivity index (χ4n) is 1.48. The summed E-state index contributed by atoms with van der Waals surface area (Å²) in [5, 5.41) is 11.8. The van der Waals surface area contributed by atoms with Crippen LogP contribution in [0.2, 0.25) is 5.02 Å². The molecule has 104 valence electrons. The molecular formula is C14H11ClFNO3. The van der Waals surface area contributed by atoms with Gasteiger partial charge in [-0.05, 0) is 42.5 Å². The van der Waals surface area contributed by atoms with Gasteiger partial charge >= 0.3 is 0 Å². The Labute approximate surface area is 119 Å². The molecule has 2 rings (SSSR count). The fourth-order valence-corrected chi connectivity index (χ4v) is 1.70. The van der Waals surface area contributed by atoms with E-state index in [2.05, 4.69) is 5.32 Å². The van der Waals surface area contributed by atoms with E-state index >= 15 is 0 Å². The van der Waals surface area contributed by atoms with E-state index in [1.807, 2.05) is 0 Å². The van der Waals surface area contributed by atoms with E-state index in [1.54, 1.807) is 12.1 Å². The van der Waals surface area contributed by atoms with Crippen molar-refractivity contribution in [3.63, 3.8) is 0 Å². The molecule has 1 amide bonds. The first-order valence-electron chi connectivity index (χ1n) is 5.71. The normalized spacial score (nSPS) is 10.1. The van der Waals surface area contributed by atoms with Gasteiger partial charge < -0.3 is 15.2 Å². The first-order valence-corrected chi connectivity index (χ1v) is 6.09. The van der Waals surface area contributed by atoms with Gasteiger partial charge in [-0.2, -0.15) is 0 Å². The van der Waals surface area contributed by atoms with Crippen molar-refractivity contribution in [2.75, 3.05) is 11.9 Å². The molecular weight excluding hydrogens is 285 g/mol. The third-order valence-electron chi connectivity index (χ3n) is 2.40. The molecule has 0 saturated carbocycles. The number of carbonyl (C=O) groups is 1. The zero-order chi connectivity index (χ0) is 14.5. The van der Waals surface area contributed by atoms with Gasteiger partial charge in [0.05, 0.1) is 5.02 Å². The Morgan fingerprint density at radius 3 is 2.60 bits per heavy atom. The van der Waals surface area contributed by atoms with Crippen LogP contribution in [0.3, 0.4) is 0 Å². The van der Waals surface area contributed by atoms with E-state index in [0.717, 1.165) is 6.07 Å². The Morgan fingerprint density at radius 1 is 1.25 bits per heavy atom. The molecule has 0 bridgehead atoms. The van der Waals surface area contributed by atoms with Gasteiger partial charge in [0.25, 0.3) is 5.91 Å². The van der Waals surface area contributed by atoms with Crippen LogP contribution in [0.15, 0.2) is 42.5 Å². The minimum atomic E-state index is -0.476. The van der Waals surface area contributed by atoms with Crippen molar-refractivity contribution in [3.8, 4) is 11.5 Å². The van der Waals surface area contributed by atoms with Crippen LogP contribution in [0.1, 0.15) is 0 Å². The van der Waals surface area contributed by atoms with Crippen molar-refractivity contribution in [1.82, 2.24) is 0 Å². The summed E-state index contributed by atoms with van der Waals surface area (Å²) in [5.41, 5.74) is 0.529. The Balaban J connectivity index is 1.90. The summed E-state index contributed by atoms with van der Waals surface area (Å²) in [6, 6.07) is 9.66. The number of benzene rings is 2. The predicted molar refractivity (Wildman–Crippen MR) is 73.6 cm³/mol. The molecule has 0 fully saturated rings. The number of ether oxygens (including phenoxy) is 1. The molecule has 20 heavy (non-hydrogen) atoms. The quantitative estimate of drug-likeness (QED) is 0.852. The van der Waals surface area contributed by atoms with Crippen LogP contribution in [0, 0.1) is 5.82 Å². The van der Waals surface area contributed by atoms with E-state index in [1.165, 1.54) is 24.3 Å². The first-order chi connectivity index (χ1) is 9.54. The molecule has 0 saturated heterocycles. The third-order valence-corrected chi connectivity index (χ3v) is 2.70. The van der Waals surface area contributed by atoms with E-state index < -0.39 is 11.7 Å². The lowest BCUT2D eigenvalue weighted by molar-refractivity contribution is -0.118. The van der Waals surface area contributed by atoms with Gasteiger partial charge in [-0.1, -0.05) is 11.6 Å². The molecule has 0 aromatic heterocycles. The highest BCUT2D eigenvalue weighted by Gasteiger charge is 2.07. The van der Waals surface area contributed by atoms with Crippen molar-refractivity contribution in [1.29, 1.82) is 0 Å². The average molecular weight is 296 g/mol. The molecule has 0 aliphatic heterocycles. The largest absolute Gasteiger partial charge is 0.508 e. The minimum absolute atomic E-state index is 0.0995. The molecule has 0 radical (unpaired) electrons. The summed E-state index contributed by atoms with van der Waals surface area (Å²) in [5.74, 6) is -0.529. The van der Waals surface area contributed by atoms with Crippen LogP contribution in [0.4, 0.5) is 10.1 Å². The molecule has 0 aliphatic carbocycles. The summed E-state index contributed by atoms with van der Waals surface area (Å²) in [6.45, 7) is -0.258. The Hall–Kier alpha value is -2.27. The van der Waals surface area contributed by atoms with Crippen LogP contribution in [-0.4, -0.2) is 17.6 Å². The second-order valence-electron chi connectivity index (χ2n) is 3.96. The van der Waals surface area contributed by atoms with Crippen molar-refractivity contribution < 1.29 is 19.0 Å². The second-order valence-corrected chi connectivity index (χ2v) is 4.37. The molecule has 2 N–H and O–H groups in total. The number of amides is 1. The number of phenols is 1. The van der Waals surface area contributed by atoms with Crippen molar-refractivity contribution >= 4 is 23.2 Å². The van der Waals surface area contributed by atoms with E-state index in [4.69, 9.17) is 21.4 Å². The first kappa shape index (κ1) is 14.1. The number of rotatable bonds is 4. The third kappa shape index (κ3) is 3.86.